The van der Waals surface area contributed by atoms with Crippen molar-refractivity contribution < 1.29 is 9.59 Å². The van der Waals surface area contributed by atoms with E-state index in [0.29, 0.717) is 11.6 Å². The first-order valence-electron chi connectivity index (χ1n) is 5.79. The smallest absolute Gasteiger partial charge is 0.308 e. The second-order valence-corrected chi connectivity index (χ2v) is 4.60. The average Bonchev–Trinajstić information content (AvgIpc) is 2.29. The van der Waals surface area contributed by atoms with Gasteiger partial charge in [0.15, 0.2) is 0 Å². The summed E-state index contributed by atoms with van der Waals surface area (Å²) in [5.41, 5.74) is 1.79. The second kappa shape index (κ2) is 7.01. The third-order valence-electron chi connectivity index (χ3n) is 2.39. The van der Waals surface area contributed by atoms with Crippen molar-refractivity contribution >= 4 is 29.2 Å². The van der Waals surface area contributed by atoms with Gasteiger partial charge in [0.05, 0.1) is 0 Å². The summed E-state index contributed by atoms with van der Waals surface area (Å²) in [6.07, 6.45) is 0.126. The summed E-state index contributed by atoms with van der Waals surface area (Å²) in [5.74, 6) is 0.192. The molecule has 0 radical (unpaired) electrons. The first-order chi connectivity index (χ1) is 8.52. The summed E-state index contributed by atoms with van der Waals surface area (Å²) in [6.45, 7) is 4.15. The number of benzene rings is 1. The highest BCUT2D eigenvalue weighted by molar-refractivity contribution is 6.19. The van der Waals surface area contributed by atoms with Gasteiger partial charge in [0.1, 0.15) is 0 Å². The van der Waals surface area contributed by atoms with Crippen LogP contribution in [0.3, 0.4) is 0 Å². The summed E-state index contributed by atoms with van der Waals surface area (Å²) >= 11 is 5.40. The molecule has 0 saturated heterocycles. The van der Waals surface area contributed by atoms with Crippen LogP contribution in [0.15, 0.2) is 24.3 Å². The Hall–Kier alpha value is -1.55. The zero-order valence-corrected chi connectivity index (χ0v) is 11.3. The van der Waals surface area contributed by atoms with Crippen molar-refractivity contribution in [2.75, 3.05) is 11.2 Å². The molecule has 1 aromatic carbocycles. The summed E-state index contributed by atoms with van der Waals surface area (Å²) in [7, 11) is 0. The Labute approximate surface area is 112 Å². The molecule has 0 aliphatic carbocycles. The van der Waals surface area contributed by atoms with Crippen LogP contribution < -0.4 is 10.6 Å². The monoisotopic (exact) mass is 268 g/mol. The molecule has 0 bridgehead atoms. The van der Waals surface area contributed by atoms with E-state index in [4.69, 9.17) is 11.6 Å². The summed E-state index contributed by atoms with van der Waals surface area (Å²) < 4.78 is 0. The number of rotatable bonds is 4. The number of hydrogen-bond donors (Lipinski definition) is 2. The Morgan fingerprint density at radius 1 is 1.33 bits per heavy atom. The van der Waals surface area contributed by atoms with E-state index in [1.165, 1.54) is 0 Å². The molecule has 0 spiro atoms. The van der Waals surface area contributed by atoms with Gasteiger partial charge in [-0.3, -0.25) is 10.1 Å². The molecular weight excluding hydrogens is 252 g/mol. The van der Waals surface area contributed by atoms with Crippen LogP contribution in [0.25, 0.3) is 0 Å². The van der Waals surface area contributed by atoms with E-state index in [2.05, 4.69) is 24.5 Å². The highest BCUT2D eigenvalue weighted by Gasteiger charge is 2.07. The van der Waals surface area contributed by atoms with Crippen molar-refractivity contribution in [1.29, 1.82) is 0 Å². The molecule has 5 heteroatoms. The average molecular weight is 269 g/mol. The lowest BCUT2D eigenvalue weighted by molar-refractivity contribution is -0.119. The lowest BCUT2D eigenvalue weighted by Crippen LogP contribution is -2.34. The third kappa shape index (κ3) is 4.75. The fourth-order valence-electron chi connectivity index (χ4n) is 1.41. The maximum atomic E-state index is 11.5. The van der Waals surface area contributed by atoms with E-state index in [9.17, 15) is 9.59 Å². The molecule has 0 unspecified atom stereocenters. The van der Waals surface area contributed by atoms with Crippen LogP contribution in [0.2, 0.25) is 0 Å². The number of amides is 3. The van der Waals surface area contributed by atoms with E-state index < -0.39 is 6.03 Å². The van der Waals surface area contributed by atoms with Gasteiger partial charge in [0, 0.05) is 18.0 Å². The van der Waals surface area contributed by atoms with Gasteiger partial charge in [-0.2, -0.15) is 0 Å². The maximum absolute atomic E-state index is 11.5. The van der Waals surface area contributed by atoms with E-state index in [-0.39, 0.29) is 18.2 Å². The van der Waals surface area contributed by atoms with Crippen LogP contribution >= 0.6 is 11.6 Å². The van der Waals surface area contributed by atoms with Crippen molar-refractivity contribution in [3.8, 4) is 0 Å². The van der Waals surface area contributed by atoms with Gasteiger partial charge in [-0.05, 0) is 23.6 Å². The Kier molecular flexibility index (Phi) is 5.65. The number of carbonyl (C=O) groups excluding carboxylic acids is 2. The van der Waals surface area contributed by atoms with Crippen molar-refractivity contribution in [3.05, 3.63) is 29.8 Å². The van der Waals surface area contributed by atoms with E-state index in [1.807, 2.05) is 18.2 Å². The molecule has 0 aliphatic rings. The summed E-state index contributed by atoms with van der Waals surface area (Å²) in [5, 5.41) is 4.82. The number of nitrogens with one attached hydrogen (secondary N) is 2. The Bertz CT molecular complexity index is 433. The molecular formula is C13H17ClN2O2. The van der Waals surface area contributed by atoms with Crippen LogP contribution in [0.4, 0.5) is 10.5 Å². The lowest BCUT2D eigenvalue weighted by atomic mass is 10.0. The van der Waals surface area contributed by atoms with Gasteiger partial charge in [0.25, 0.3) is 0 Å². The Morgan fingerprint density at radius 2 is 2.06 bits per heavy atom. The van der Waals surface area contributed by atoms with E-state index in [1.54, 1.807) is 6.07 Å². The van der Waals surface area contributed by atoms with Crippen molar-refractivity contribution in [1.82, 2.24) is 5.32 Å². The molecule has 1 aromatic rings. The molecule has 0 heterocycles. The van der Waals surface area contributed by atoms with Gasteiger partial charge in [-0.1, -0.05) is 26.0 Å². The minimum Gasteiger partial charge on any atom is -0.308 e. The molecule has 0 saturated carbocycles. The number of alkyl halides is 1. The van der Waals surface area contributed by atoms with Crippen molar-refractivity contribution in [3.63, 3.8) is 0 Å². The molecule has 0 fully saturated rings. The molecule has 0 aliphatic heterocycles. The summed E-state index contributed by atoms with van der Waals surface area (Å²) in [4.78, 5) is 22.7. The van der Waals surface area contributed by atoms with Gasteiger partial charge >= 0.3 is 6.03 Å². The van der Waals surface area contributed by atoms with Crippen LogP contribution in [0, 0.1) is 0 Å². The van der Waals surface area contributed by atoms with E-state index >= 15 is 0 Å². The quantitative estimate of drug-likeness (QED) is 0.825. The number of imide groups is 1. The Balaban J connectivity index is 2.59. The first-order valence-corrected chi connectivity index (χ1v) is 6.33. The van der Waals surface area contributed by atoms with Gasteiger partial charge in [-0.25, -0.2) is 4.79 Å². The minimum absolute atomic E-state index is 0.126. The highest BCUT2D eigenvalue weighted by atomic mass is 35.5. The fourth-order valence-corrected chi connectivity index (χ4v) is 1.58. The fraction of sp³-hybridized carbons (Fsp3) is 0.385. The topological polar surface area (TPSA) is 58.2 Å². The number of urea groups is 1. The molecule has 2 N–H and O–H groups in total. The highest BCUT2D eigenvalue weighted by Crippen LogP contribution is 2.18. The molecule has 4 nitrogen and oxygen atoms in total. The number of carbonyl (C=O) groups is 2. The standard InChI is InChI=1S/C13H17ClN2O2/c1-9(2)10-4-3-5-11(8-10)15-13(18)16-12(17)6-7-14/h3-5,8-9H,6-7H2,1-2H3,(H2,15,16,17,18). The maximum Gasteiger partial charge on any atom is 0.325 e. The van der Waals surface area contributed by atoms with Crippen LogP contribution in [-0.2, 0) is 4.79 Å². The summed E-state index contributed by atoms with van der Waals surface area (Å²) in [6, 6.07) is 6.98. The normalized spacial score (nSPS) is 10.2. The predicted octanol–water partition coefficient (Wildman–Crippen LogP) is 3.09. The van der Waals surface area contributed by atoms with Crippen LogP contribution in [-0.4, -0.2) is 17.8 Å². The zero-order chi connectivity index (χ0) is 13.5. The van der Waals surface area contributed by atoms with Crippen molar-refractivity contribution in [2.45, 2.75) is 26.2 Å². The van der Waals surface area contributed by atoms with E-state index in [0.717, 1.165) is 5.56 Å². The largest absolute Gasteiger partial charge is 0.325 e. The second-order valence-electron chi connectivity index (χ2n) is 4.22. The third-order valence-corrected chi connectivity index (χ3v) is 2.57. The van der Waals surface area contributed by atoms with Crippen LogP contribution in [0.1, 0.15) is 31.7 Å². The lowest BCUT2D eigenvalue weighted by Gasteiger charge is -2.09. The number of hydrogen-bond acceptors (Lipinski definition) is 2. The molecule has 1 rings (SSSR count). The van der Waals surface area contributed by atoms with Gasteiger partial charge in [0.2, 0.25) is 5.91 Å². The minimum atomic E-state index is -0.536. The van der Waals surface area contributed by atoms with Crippen molar-refractivity contribution in [2.24, 2.45) is 0 Å². The first kappa shape index (κ1) is 14.5. The Morgan fingerprint density at radius 3 is 2.67 bits per heavy atom. The predicted molar refractivity (Wildman–Crippen MR) is 73.0 cm³/mol. The SMILES string of the molecule is CC(C)c1cccc(NC(=O)NC(=O)CCCl)c1. The zero-order valence-electron chi connectivity index (χ0n) is 10.5. The molecule has 98 valence electrons. The van der Waals surface area contributed by atoms with Gasteiger partial charge in [-0.15, -0.1) is 11.6 Å². The molecule has 0 atom stereocenters. The van der Waals surface area contributed by atoms with Crippen LogP contribution in [0.5, 0.6) is 0 Å². The number of anilines is 1. The molecule has 3 amide bonds. The number of halogens is 1. The van der Waals surface area contributed by atoms with Gasteiger partial charge < -0.3 is 5.32 Å². The molecule has 0 aromatic heterocycles. The molecule has 18 heavy (non-hydrogen) atoms.